The number of hydrazone groups is 1. The summed E-state index contributed by atoms with van der Waals surface area (Å²) in [4.78, 5) is 3.60. The number of hydrogen-bond donors (Lipinski definition) is 0. The topological polar surface area (TPSA) is 28.1 Å². The van der Waals surface area contributed by atoms with Gasteiger partial charge in [-0.1, -0.05) is 36.4 Å². The summed E-state index contributed by atoms with van der Waals surface area (Å²) in [7, 11) is 0. The average molecular weight is 404 g/mol. The summed E-state index contributed by atoms with van der Waals surface area (Å²) >= 11 is 1.75. The Balaban J connectivity index is 1.52. The van der Waals surface area contributed by atoms with E-state index in [9.17, 15) is 0 Å². The smallest absolute Gasteiger partial charge is 0.213 e. The first kappa shape index (κ1) is 18.3. The second kappa shape index (κ2) is 7.56. The number of rotatable bonds is 5. The van der Waals surface area contributed by atoms with Crippen molar-refractivity contribution in [2.75, 3.05) is 18.0 Å². The third-order valence-corrected chi connectivity index (χ3v) is 6.73. The lowest BCUT2D eigenvalue weighted by molar-refractivity contribution is -0.0190. The molecule has 0 aliphatic carbocycles. The van der Waals surface area contributed by atoms with Gasteiger partial charge in [0.1, 0.15) is 5.75 Å². The number of fused-ring (bicyclic) bond motifs is 3. The summed E-state index contributed by atoms with van der Waals surface area (Å²) in [5.74, 6) is 0.967. The molecule has 4 nitrogen and oxygen atoms in total. The van der Waals surface area contributed by atoms with E-state index in [-0.39, 0.29) is 12.3 Å². The summed E-state index contributed by atoms with van der Waals surface area (Å²) in [5, 5.41) is 9.29. The number of thiophene rings is 1. The molecule has 2 aromatic carbocycles. The van der Waals surface area contributed by atoms with Crippen LogP contribution in [0.5, 0.6) is 5.75 Å². The Labute approximate surface area is 176 Å². The highest BCUT2D eigenvalue weighted by molar-refractivity contribution is 7.12. The van der Waals surface area contributed by atoms with E-state index in [4.69, 9.17) is 9.84 Å². The normalized spacial score (nSPS) is 19.9. The van der Waals surface area contributed by atoms with Gasteiger partial charge >= 0.3 is 0 Å². The number of para-hydroxylation sites is 1. The molecule has 5 rings (SSSR count). The molecule has 0 amide bonds. The van der Waals surface area contributed by atoms with Crippen molar-refractivity contribution in [2.45, 2.75) is 32.5 Å². The fourth-order valence-corrected chi connectivity index (χ4v) is 5.01. The summed E-state index contributed by atoms with van der Waals surface area (Å²) in [6, 6.07) is 21.6. The maximum absolute atomic E-state index is 6.46. The lowest BCUT2D eigenvalue weighted by atomic mass is 9.97. The van der Waals surface area contributed by atoms with Gasteiger partial charge in [0.25, 0.3) is 0 Å². The van der Waals surface area contributed by atoms with Gasteiger partial charge in [0, 0.05) is 36.3 Å². The van der Waals surface area contributed by atoms with Crippen molar-refractivity contribution >= 4 is 22.7 Å². The Bertz CT molecular complexity index is 1010. The molecule has 3 aromatic rings. The largest absolute Gasteiger partial charge is 0.464 e. The fraction of sp³-hybridized carbons (Fsp3) is 0.292. The second-order valence-electron chi connectivity index (χ2n) is 7.40. The van der Waals surface area contributed by atoms with Crippen LogP contribution >= 0.6 is 11.3 Å². The van der Waals surface area contributed by atoms with E-state index in [1.807, 2.05) is 6.07 Å². The third-order valence-electron chi connectivity index (χ3n) is 5.81. The van der Waals surface area contributed by atoms with Crippen molar-refractivity contribution in [1.29, 1.82) is 0 Å². The van der Waals surface area contributed by atoms with Crippen LogP contribution < -0.4 is 9.64 Å². The van der Waals surface area contributed by atoms with Crippen LogP contribution in [0.2, 0.25) is 0 Å². The van der Waals surface area contributed by atoms with Crippen molar-refractivity contribution in [1.82, 2.24) is 5.01 Å². The Hall–Kier alpha value is -2.79. The van der Waals surface area contributed by atoms with Crippen molar-refractivity contribution in [3.63, 3.8) is 0 Å². The van der Waals surface area contributed by atoms with Gasteiger partial charge in [-0.2, -0.15) is 5.10 Å². The standard InChI is InChI=1S/C24H25N3OS/c1-3-26(4-2)18-13-11-17(12-14-18)24-27-21(19-8-5-6-9-22(19)28-24)16-20(25-27)23-10-7-15-29-23/h5-15,21,24H,3-4,16H2,1-2H3/t21-,24+/m1/s1. The average Bonchev–Trinajstić information content (AvgIpc) is 3.45. The third kappa shape index (κ3) is 3.19. The molecule has 0 saturated carbocycles. The lowest BCUT2D eigenvalue weighted by Crippen LogP contribution is -2.33. The van der Waals surface area contributed by atoms with E-state index >= 15 is 0 Å². The molecule has 0 N–H and O–H groups in total. The number of nitrogens with zero attached hydrogens (tertiary/aromatic N) is 3. The van der Waals surface area contributed by atoms with E-state index in [1.54, 1.807) is 11.3 Å². The van der Waals surface area contributed by atoms with E-state index in [1.165, 1.54) is 16.1 Å². The lowest BCUT2D eigenvalue weighted by Gasteiger charge is -2.38. The number of anilines is 1. The first-order valence-electron chi connectivity index (χ1n) is 10.3. The van der Waals surface area contributed by atoms with Gasteiger partial charge in [0.2, 0.25) is 6.23 Å². The zero-order chi connectivity index (χ0) is 19.8. The van der Waals surface area contributed by atoms with Gasteiger partial charge in [-0.15, -0.1) is 11.3 Å². The monoisotopic (exact) mass is 403 g/mol. The van der Waals surface area contributed by atoms with Crippen molar-refractivity contribution in [3.05, 3.63) is 82.0 Å². The highest BCUT2D eigenvalue weighted by atomic mass is 32.1. The Kier molecular flexibility index (Phi) is 4.76. The van der Waals surface area contributed by atoms with E-state index in [0.717, 1.165) is 36.5 Å². The molecule has 2 aliphatic rings. The van der Waals surface area contributed by atoms with Gasteiger partial charge in [-0.3, -0.25) is 0 Å². The fourth-order valence-electron chi connectivity index (χ4n) is 4.28. The number of ether oxygens (including phenoxy) is 1. The van der Waals surface area contributed by atoms with E-state index < -0.39 is 0 Å². The minimum atomic E-state index is -0.210. The number of benzene rings is 2. The molecule has 0 unspecified atom stereocenters. The van der Waals surface area contributed by atoms with Crippen LogP contribution in [-0.2, 0) is 0 Å². The summed E-state index contributed by atoms with van der Waals surface area (Å²) in [6.07, 6.45) is 0.702. The molecule has 0 saturated heterocycles. The molecular weight excluding hydrogens is 378 g/mol. The van der Waals surface area contributed by atoms with Crippen LogP contribution in [0.15, 0.2) is 71.1 Å². The molecule has 148 valence electrons. The number of hydrogen-bond acceptors (Lipinski definition) is 5. The molecule has 5 heteroatoms. The van der Waals surface area contributed by atoms with Crippen LogP contribution in [0.1, 0.15) is 48.5 Å². The SMILES string of the molecule is CCN(CC)c1ccc([C@@H]2Oc3ccccc3[C@H]3CC(c4cccs4)=NN32)cc1. The minimum absolute atomic E-state index is 0.210. The van der Waals surface area contributed by atoms with Crippen LogP contribution in [0.4, 0.5) is 5.69 Å². The highest BCUT2D eigenvalue weighted by Gasteiger charge is 2.40. The summed E-state index contributed by atoms with van der Waals surface area (Å²) in [5.41, 5.74) is 4.75. The summed E-state index contributed by atoms with van der Waals surface area (Å²) in [6.45, 7) is 6.39. The molecule has 0 bridgehead atoms. The Morgan fingerprint density at radius 3 is 2.55 bits per heavy atom. The van der Waals surface area contributed by atoms with E-state index in [0.29, 0.717) is 0 Å². The predicted molar refractivity (Wildman–Crippen MR) is 120 cm³/mol. The van der Waals surface area contributed by atoms with Crippen LogP contribution in [-0.4, -0.2) is 23.8 Å². The first-order valence-corrected chi connectivity index (χ1v) is 11.2. The molecule has 0 radical (unpaired) electrons. The van der Waals surface area contributed by atoms with Gasteiger partial charge < -0.3 is 9.64 Å². The first-order chi connectivity index (χ1) is 14.3. The molecule has 0 fully saturated rings. The Morgan fingerprint density at radius 1 is 1.03 bits per heavy atom. The van der Waals surface area contributed by atoms with Gasteiger partial charge in [-0.05, 0) is 43.5 Å². The minimum Gasteiger partial charge on any atom is -0.464 e. The Morgan fingerprint density at radius 2 is 1.83 bits per heavy atom. The second-order valence-corrected chi connectivity index (χ2v) is 8.34. The molecule has 29 heavy (non-hydrogen) atoms. The van der Waals surface area contributed by atoms with Gasteiger partial charge in [0.15, 0.2) is 0 Å². The maximum atomic E-state index is 6.46. The van der Waals surface area contributed by atoms with Crippen molar-refractivity contribution in [2.24, 2.45) is 5.10 Å². The molecule has 0 spiro atoms. The molecule has 2 atom stereocenters. The van der Waals surface area contributed by atoms with Crippen LogP contribution in [0, 0.1) is 0 Å². The molecule has 2 aliphatic heterocycles. The van der Waals surface area contributed by atoms with E-state index in [2.05, 4.69) is 83.7 Å². The van der Waals surface area contributed by atoms with Crippen LogP contribution in [0.25, 0.3) is 0 Å². The van der Waals surface area contributed by atoms with Crippen molar-refractivity contribution in [3.8, 4) is 5.75 Å². The van der Waals surface area contributed by atoms with Gasteiger partial charge in [0.05, 0.1) is 16.6 Å². The predicted octanol–water partition coefficient (Wildman–Crippen LogP) is 5.84. The molecule has 1 aromatic heterocycles. The van der Waals surface area contributed by atoms with Crippen LogP contribution in [0.3, 0.4) is 0 Å². The maximum Gasteiger partial charge on any atom is 0.213 e. The quantitative estimate of drug-likeness (QED) is 0.536. The summed E-state index contributed by atoms with van der Waals surface area (Å²) < 4.78 is 6.46. The highest BCUT2D eigenvalue weighted by Crippen LogP contribution is 2.47. The zero-order valence-electron chi connectivity index (χ0n) is 16.8. The van der Waals surface area contributed by atoms with Gasteiger partial charge in [-0.25, -0.2) is 5.01 Å². The molecular formula is C24H25N3OS. The van der Waals surface area contributed by atoms with Crippen molar-refractivity contribution < 1.29 is 4.74 Å². The molecule has 3 heterocycles. The zero-order valence-corrected chi connectivity index (χ0v) is 17.6.